The second kappa shape index (κ2) is 6.39. The molecule has 23 heavy (non-hydrogen) atoms. The molecule has 1 amide bonds. The molecule has 0 aromatic carbocycles. The molecule has 0 aromatic rings. The highest BCUT2D eigenvalue weighted by atomic mass is 32.2. The SMILES string of the molecule is COCC1OC(OC)(C2=C3CC(=CS2)C(=O)N(C)C=N3)CC1C. The van der Waals surface area contributed by atoms with Crippen LogP contribution in [0, 0.1) is 5.92 Å². The number of methoxy groups -OCH3 is 2. The van der Waals surface area contributed by atoms with Gasteiger partial charge >= 0.3 is 0 Å². The van der Waals surface area contributed by atoms with Gasteiger partial charge in [-0.15, -0.1) is 0 Å². The third kappa shape index (κ3) is 2.87. The molecule has 0 aromatic heterocycles. The van der Waals surface area contributed by atoms with E-state index in [4.69, 9.17) is 14.2 Å². The van der Waals surface area contributed by atoms with Gasteiger partial charge in [0.2, 0.25) is 5.79 Å². The lowest BCUT2D eigenvalue weighted by atomic mass is 9.98. The van der Waals surface area contributed by atoms with Gasteiger partial charge < -0.3 is 19.1 Å². The maximum absolute atomic E-state index is 12.2. The van der Waals surface area contributed by atoms with E-state index in [9.17, 15) is 4.79 Å². The van der Waals surface area contributed by atoms with Crippen LogP contribution in [-0.2, 0) is 19.0 Å². The van der Waals surface area contributed by atoms with E-state index < -0.39 is 5.79 Å². The summed E-state index contributed by atoms with van der Waals surface area (Å²) in [6, 6.07) is 0. The lowest BCUT2D eigenvalue weighted by Gasteiger charge is -2.32. The Morgan fingerprint density at radius 2 is 2.30 bits per heavy atom. The molecule has 1 fully saturated rings. The smallest absolute Gasteiger partial charge is 0.255 e. The fourth-order valence-corrected chi connectivity index (χ4v) is 4.27. The molecule has 7 heteroatoms. The highest BCUT2D eigenvalue weighted by Crippen LogP contribution is 2.49. The number of likely N-dealkylation sites (N-methyl/N-ethyl adjacent to an activating group) is 1. The first-order chi connectivity index (χ1) is 11.0. The highest BCUT2D eigenvalue weighted by Gasteiger charge is 2.50. The Labute approximate surface area is 140 Å². The van der Waals surface area contributed by atoms with Gasteiger partial charge in [0.05, 0.1) is 29.7 Å². The van der Waals surface area contributed by atoms with Gasteiger partial charge in [-0.1, -0.05) is 18.7 Å². The Balaban J connectivity index is 1.95. The first-order valence-corrected chi connectivity index (χ1v) is 8.51. The van der Waals surface area contributed by atoms with Crippen LogP contribution in [0.4, 0.5) is 0 Å². The van der Waals surface area contributed by atoms with Crippen molar-refractivity contribution in [2.24, 2.45) is 10.9 Å². The number of ether oxygens (including phenoxy) is 3. The van der Waals surface area contributed by atoms with Crippen LogP contribution in [0.2, 0.25) is 0 Å². The van der Waals surface area contributed by atoms with E-state index in [1.807, 2.05) is 5.41 Å². The third-order valence-electron chi connectivity index (χ3n) is 4.49. The van der Waals surface area contributed by atoms with Gasteiger partial charge in [0, 0.05) is 39.7 Å². The number of rotatable bonds is 4. The molecule has 1 saturated heterocycles. The van der Waals surface area contributed by atoms with Crippen molar-refractivity contribution in [3.05, 3.63) is 21.6 Å². The average molecular weight is 338 g/mol. The molecule has 6 nitrogen and oxygen atoms in total. The van der Waals surface area contributed by atoms with E-state index in [1.54, 1.807) is 27.6 Å². The maximum atomic E-state index is 12.2. The molecule has 3 unspecified atom stereocenters. The van der Waals surface area contributed by atoms with E-state index in [0.717, 1.165) is 22.6 Å². The van der Waals surface area contributed by atoms with Crippen LogP contribution in [0.25, 0.3) is 0 Å². The summed E-state index contributed by atoms with van der Waals surface area (Å²) in [7, 11) is 5.05. The highest BCUT2D eigenvalue weighted by molar-refractivity contribution is 8.06. The number of thioether (sulfide) groups is 1. The quantitative estimate of drug-likeness (QED) is 0.786. The summed E-state index contributed by atoms with van der Waals surface area (Å²) in [5, 5.41) is 1.89. The van der Waals surface area contributed by atoms with Crippen molar-refractivity contribution in [1.82, 2.24) is 4.90 Å². The Morgan fingerprint density at radius 3 is 3.00 bits per heavy atom. The third-order valence-corrected chi connectivity index (χ3v) is 5.68. The topological polar surface area (TPSA) is 60.4 Å². The van der Waals surface area contributed by atoms with Crippen LogP contribution in [0.1, 0.15) is 19.8 Å². The van der Waals surface area contributed by atoms with Crippen molar-refractivity contribution in [2.45, 2.75) is 31.7 Å². The molecule has 0 saturated carbocycles. The van der Waals surface area contributed by atoms with Crippen LogP contribution in [0.15, 0.2) is 26.6 Å². The van der Waals surface area contributed by atoms with Crippen molar-refractivity contribution in [3.63, 3.8) is 0 Å². The van der Waals surface area contributed by atoms with E-state index in [0.29, 0.717) is 18.9 Å². The normalized spacial score (nSPS) is 34.0. The minimum Gasteiger partial charge on any atom is -0.382 e. The molecule has 0 aliphatic carbocycles. The van der Waals surface area contributed by atoms with Gasteiger partial charge in [-0.25, -0.2) is 4.99 Å². The van der Waals surface area contributed by atoms with E-state index in [-0.39, 0.29) is 12.0 Å². The van der Waals surface area contributed by atoms with Crippen molar-refractivity contribution in [1.29, 1.82) is 0 Å². The van der Waals surface area contributed by atoms with Crippen LogP contribution in [0.3, 0.4) is 0 Å². The van der Waals surface area contributed by atoms with Gasteiger partial charge in [-0.2, -0.15) is 0 Å². The van der Waals surface area contributed by atoms with Crippen molar-refractivity contribution in [2.75, 3.05) is 27.9 Å². The summed E-state index contributed by atoms with van der Waals surface area (Å²) in [4.78, 5) is 19.1. The van der Waals surface area contributed by atoms with Crippen LogP contribution in [-0.4, -0.2) is 56.9 Å². The molecule has 3 atom stereocenters. The molecular formula is C16H22N2O4S. The number of fused-ring (bicyclic) bond motifs is 2. The molecule has 3 aliphatic rings. The largest absolute Gasteiger partial charge is 0.382 e. The van der Waals surface area contributed by atoms with Crippen LogP contribution < -0.4 is 0 Å². The molecule has 0 spiro atoms. The molecular weight excluding hydrogens is 316 g/mol. The van der Waals surface area contributed by atoms with Crippen molar-refractivity contribution < 1.29 is 19.0 Å². The zero-order valence-corrected chi connectivity index (χ0v) is 14.7. The average Bonchev–Trinajstić information content (AvgIpc) is 2.84. The standard InChI is InChI=1S/C16H22N2O4S/c1-10-6-16(21-4,22-13(10)7-20-3)14-12-5-11(8-23-14)15(19)18(2)9-17-12/h8-10,13H,5-7H2,1-4H3. The summed E-state index contributed by atoms with van der Waals surface area (Å²) in [6.45, 7) is 2.67. The zero-order valence-electron chi connectivity index (χ0n) is 13.9. The Bertz CT molecular complexity index is 601. The summed E-state index contributed by atoms with van der Waals surface area (Å²) in [6.07, 6.45) is 2.81. The number of aliphatic imine (C=N–C) groups is 1. The van der Waals surface area contributed by atoms with Crippen LogP contribution >= 0.6 is 11.8 Å². The first-order valence-electron chi connectivity index (χ1n) is 7.63. The molecule has 2 bridgehead atoms. The second-order valence-electron chi connectivity index (χ2n) is 6.12. The van der Waals surface area contributed by atoms with Gasteiger partial charge in [0.15, 0.2) is 0 Å². The summed E-state index contributed by atoms with van der Waals surface area (Å²) < 4.78 is 17.3. The zero-order chi connectivity index (χ0) is 16.6. The fraction of sp³-hybridized carbons (Fsp3) is 0.625. The number of carbonyl (C=O) groups is 1. The van der Waals surface area contributed by atoms with E-state index in [1.165, 1.54) is 16.7 Å². The van der Waals surface area contributed by atoms with Crippen molar-refractivity contribution in [3.8, 4) is 0 Å². The number of amides is 1. The molecule has 0 radical (unpaired) electrons. The monoisotopic (exact) mass is 338 g/mol. The number of nitrogens with zero attached hydrogens (tertiary/aromatic N) is 2. The van der Waals surface area contributed by atoms with E-state index in [2.05, 4.69) is 11.9 Å². The lowest BCUT2D eigenvalue weighted by molar-refractivity contribution is -0.187. The molecule has 3 rings (SSSR count). The molecule has 3 heterocycles. The fourth-order valence-electron chi connectivity index (χ4n) is 3.17. The second-order valence-corrected chi connectivity index (χ2v) is 7.00. The van der Waals surface area contributed by atoms with E-state index >= 15 is 0 Å². The Morgan fingerprint density at radius 1 is 1.52 bits per heavy atom. The summed E-state index contributed by atoms with van der Waals surface area (Å²) in [5.41, 5.74) is 1.59. The molecule has 126 valence electrons. The minimum absolute atomic E-state index is 0.0141. The minimum atomic E-state index is -0.812. The molecule has 0 N–H and O–H groups in total. The van der Waals surface area contributed by atoms with Crippen LogP contribution in [0.5, 0.6) is 0 Å². The Kier molecular flexibility index (Phi) is 4.64. The van der Waals surface area contributed by atoms with Gasteiger partial charge in [0.25, 0.3) is 5.91 Å². The Hall–Kier alpha value is -1.15. The first kappa shape index (κ1) is 16.7. The number of allylic oxidation sites excluding steroid dienone is 1. The number of carbonyl (C=O) groups excluding carboxylic acids is 1. The predicted octanol–water partition coefficient (Wildman–Crippen LogP) is 2.13. The van der Waals surface area contributed by atoms with Gasteiger partial charge in [-0.05, 0) is 11.3 Å². The maximum Gasteiger partial charge on any atom is 0.255 e. The van der Waals surface area contributed by atoms with Gasteiger partial charge in [0.1, 0.15) is 0 Å². The summed E-state index contributed by atoms with van der Waals surface area (Å²) in [5.74, 6) is -0.513. The van der Waals surface area contributed by atoms with Gasteiger partial charge in [-0.3, -0.25) is 4.79 Å². The number of hydrogen-bond donors (Lipinski definition) is 0. The number of hydrogen-bond acceptors (Lipinski definition) is 6. The summed E-state index contributed by atoms with van der Waals surface area (Å²) >= 11 is 1.48. The molecule has 3 aliphatic heterocycles. The van der Waals surface area contributed by atoms with Crippen molar-refractivity contribution >= 4 is 24.0 Å². The lowest BCUT2D eigenvalue weighted by Crippen LogP contribution is -2.35. The predicted molar refractivity (Wildman–Crippen MR) is 88.8 cm³/mol.